The molecule has 0 aliphatic heterocycles. The summed E-state index contributed by atoms with van der Waals surface area (Å²) in [6.45, 7) is 0. The molecule has 2 rings (SSSR count). The number of nitrogens with zero attached hydrogens (tertiary/aromatic N) is 3. The Morgan fingerprint density at radius 2 is 2.17 bits per heavy atom. The summed E-state index contributed by atoms with van der Waals surface area (Å²) in [4.78, 5) is 10.4. The fraction of sp³-hybridized carbons (Fsp3) is 0.143. The van der Waals surface area contributed by atoms with Crippen molar-refractivity contribution >= 4 is 11.0 Å². The molecule has 0 radical (unpaired) electrons. The summed E-state index contributed by atoms with van der Waals surface area (Å²) in [5.74, 6) is 0. The molecule has 0 spiro atoms. The summed E-state index contributed by atoms with van der Waals surface area (Å²) >= 11 is 0. The Balaban J connectivity index is 2.55. The van der Waals surface area contributed by atoms with Crippen LogP contribution in [-0.4, -0.2) is 22.3 Å². The van der Waals surface area contributed by atoms with Gasteiger partial charge in [-0.1, -0.05) is 12.1 Å². The third-order valence-corrected chi connectivity index (χ3v) is 1.47. The van der Waals surface area contributed by atoms with Crippen molar-refractivity contribution in [1.29, 1.82) is 0 Å². The number of rotatable bonds is 2. The highest BCUT2D eigenvalue weighted by Crippen LogP contribution is 2.07. The van der Waals surface area contributed by atoms with Crippen molar-refractivity contribution in [2.45, 2.75) is 0 Å². The highest BCUT2D eigenvalue weighted by molar-refractivity contribution is 5.73. The van der Waals surface area contributed by atoms with E-state index >= 15 is 0 Å². The molecule has 0 saturated carbocycles. The van der Waals surface area contributed by atoms with Crippen LogP contribution in [0, 0.1) is 0 Å². The normalized spacial score (nSPS) is 10.4. The molecule has 5 nitrogen and oxygen atoms in total. The summed E-state index contributed by atoms with van der Waals surface area (Å²) in [5, 5.41) is 7.55. The van der Waals surface area contributed by atoms with Crippen LogP contribution in [0.2, 0.25) is 0 Å². The largest absolute Gasteiger partial charge is 0.220 e. The van der Waals surface area contributed by atoms with Crippen LogP contribution in [0.4, 0.5) is 0 Å². The minimum atomic E-state index is 0.773. The summed E-state index contributed by atoms with van der Waals surface area (Å²) in [6, 6.07) is 7.45. The molecule has 1 aromatic heterocycles. The molecular weight excluding hydrogens is 158 g/mol. The maximum atomic E-state index is 4.70. The van der Waals surface area contributed by atoms with Crippen molar-refractivity contribution in [3.05, 3.63) is 24.3 Å². The van der Waals surface area contributed by atoms with E-state index in [-0.39, 0.29) is 0 Å². The first-order chi connectivity index (χ1) is 5.92. The van der Waals surface area contributed by atoms with Crippen molar-refractivity contribution in [2.24, 2.45) is 0 Å². The first kappa shape index (κ1) is 7.05. The topological polar surface area (TPSA) is 49.2 Å². The minimum Gasteiger partial charge on any atom is -0.220 e. The van der Waals surface area contributed by atoms with Crippen molar-refractivity contribution < 1.29 is 9.88 Å². The number of fused-ring (bicyclic) bond motifs is 1. The first-order valence-electron chi connectivity index (χ1n) is 3.43. The summed E-state index contributed by atoms with van der Waals surface area (Å²) in [5.41, 5.74) is 1.55. The molecule has 12 heavy (non-hydrogen) atoms. The van der Waals surface area contributed by atoms with Crippen molar-refractivity contribution in [3.8, 4) is 0 Å². The molecule has 1 heterocycles. The number of para-hydroxylation sites is 1. The summed E-state index contributed by atoms with van der Waals surface area (Å²) in [6.07, 6.45) is 0. The molecule has 0 saturated heterocycles. The molecule has 0 bridgehead atoms. The third-order valence-electron chi connectivity index (χ3n) is 1.47. The van der Waals surface area contributed by atoms with Crippen molar-refractivity contribution in [3.63, 3.8) is 0 Å². The zero-order valence-electron chi connectivity index (χ0n) is 6.47. The van der Waals surface area contributed by atoms with Gasteiger partial charge in [-0.25, -0.2) is 4.99 Å². The van der Waals surface area contributed by atoms with Gasteiger partial charge >= 0.3 is 0 Å². The second-order valence-corrected chi connectivity index (χ2v) is 2.19. The summed E-state index contributed by atoms with van der Waals surface area (Å²) in [7, 11) is 1.41. The van der Waals surface area contributed by atoms with Gasteiger partial charge in [0, 0.05) is 0 Å². The zero-order valence-corrected chi connectivity index (χ0v) is 6.47. The fourth-order valence-electron chi connectivity index (χ4n) is 0.973. The molecule has 0 atom stereocenters. The Hall–Kier alpha value is -1.62. The second kappa shape index (κ2) is 2.78. The highest BCUT2D eigenvalue weighted by Gasteiger charge is 2.02. The van der Waals surface area contributed by atoms with E-state index in [1.807, 2.05) is 24.3 Å². The first-order valence-corrected chi connectivity index (χ1v) is 3.43. The molecule has 1 aromatic carbocycles. The Morgan fingerprint density at radius 3 is 3.00 bits per heavy atom. The molecule has 0 amide bonds. The predicted molar refractivity (Wildman–Crippen MR) is 41.1 cm³/mol. The van der Waals surface area contributed by atoms with Crippen LogP contribution >= 0.6 is 0 Å². The van der Waals surface area contributed by atoms with E-state index in [0.717, 1.165) is 11.0 Å². The Kier molecular flexibility index (Phi) is 1.64. The van der Waals surface area contributed by atoms with Gasteiger partial charge in [0.05, 0.1) is 7.11 Å². The van der Waals surface area contributed by atoms with Crippen LogP contribution in [0.5, 0.6) is 0 Å². The highest BCUT2D eigenvalue weighted by atomic mass is 17.3. The van der Waals surface area contributed by atoms with Crippen LogP contribution in [0.3, 0.4) is 0 Å². The molecule has 0 aliphatic carbocycles. The lowest BCUT2D eigenvalue weighted by Crippen LogP contribution is -2.11. The summed E-state index contributed by atoms with van der Waals surface area (Å²) < 4.78 is 0. The maximum Gasteiger partial charge on any atom is 0.134 e. The van der Waals surface area contributed by atoms with Gasteiger partial charge in [0.1, 0.15) is 11.0 Å². The lowest BCUT2D eigenvalue weighted by molar-refractivity contribution is -0.278. The molecular formula is C7H7N3O2. The number of hydrogen-bond acceptors (Lipinski definition) is 4. The van der Waals surface area contributed by atoms with Gasteiger partial charge in [-0.15, -0.1) is 5.10 Å². The van der Waals surface area contributed by atoms with Crippen LogP contribution in [0.25, 0.3) is 11.0 Å². The van der Waals surface area contributed by atoms with E-state index in [0.29, 0.717) is 0 Å². The molecule has 0 aliphatic rings. The lowest BCUT2D eigenvalue weighted by atomic mass is 10.3. The zero-order chi connectivity index (χ0) is 8.39. The number of hydrogen-bond donors (Lipinski definition) is 0. The van der Waals surface area contributed by atoms with E-state index in [2.05, 4.69) is 15.2 Å². The average molecular weight is 165 g/mol. The van der Waals surface area contributed by atoms with Gasteiger partial charge in [-0.05, 0) is 22.2 Å². The molecule has 0 fully saturated rings. The Labute approximate surface area is 68.4 Å². The predicted octanol–water partition coefficient (Wildman–Crippen LogP) is 0.421. The van der Waals surface area contributed by atoms with Gasteiger partial charge < -0.3 is 0 Å². The van der Waals surface area contributed by atoms with Crippen LogP contribution in [-0.2, 0) is 4.89 Å². The molecule has 0 unspecified atom stereocenters. The van der Waals surface area contributed by atoms with Gasteiger partial charge in [-0.3, -0.25) is 0 Å². The van der Waals surface area contributed by atoms with Crippen molar-refractivity contribution in [2.75, 3.05) is 7.11 Å². The van der Waals surface area contributed by atoms with Gasteiger partial charge in [0.15, 0.2) is 0 Å². The molecule has 0 N–H and O–H groups in total. The molecule has 5 heteroatoms. The average Bonchev–Trinajstić information content (AvgIpc) is 2.50. The quantitative estimate of drug-likeness (QED) is 0.478. The fourth-order valence-corrected chi connectivity index (χ4v) is 0.973. The third kappa shape index (κ3) is 0.998. The van der Waals surface area contributed by atoms with Gasteiger partial charge in [0.25, 0.3) is 0 Å². The molecule has 2 aromatic rings. The van der Waals surface area contributed by atoms with E-state index in [4.69, 9.17) is 4.99 Å². The smallest absolute Gasteiger partial charge is 0.134 e. The van der Waals surface area contributed by atoms with Crippen LogP contribution in [0.15, 0.2) is 24.3 Å². The standard InChI is InChI=1S/C7H7N3O2/c1-11-12-10-7-5-3-2-4-6(7)8-9-10/h2-5H,1H3. The number of aromatic nitrogens is 3. The minimum absolute atomic E-state index is 0.773. The van der Waals surface area contributed by atoms with Crippen LogP contribution in [0.1, 0.15) is 0 Å². The van der Waals surface area contributed by atoms with E-state index < -0.39 is 0 Å². The van der Waals surface area contributed by atoms with Crippen LogP contribution < -0.4 is 4.99 Å². The van der Waals surface area contributed by atoms with Gasteiger partial charge in [-0.2, -0.15) is 4.89 Å². The Morgan fingerprint density at radius 1 is 1.33 bits per heavy atom. The van der Waals surface area contributed by atoms with E-state index in [1.165, 1.54) is 12.0 Å². The Bertz CT molecular complexity index is 385. The molecule has 62 valence electrons. The van der Waals surface area contributed by atoms with E-state index in [1.54, 1.807) is 0 Å². The lowest BCUT2D eigenvalue weighted by Gasteiger charge is -1.96. The van der Waals surface area contributed by atoms with E-state index in [9.17, 15) is 0 Å². The SMILES string of the molecule is COOn1nnc2ccccc21. The number of benzene rings is 1. The maximum absolute atomic E-state index is 4.70. The monoisotopic (exact) mass is 165 g/mol. The van der Waals surface area contributed by atoms with Gasteiger partial charge in [0.2, 0.25) is 0 Å². The second-order valence-electron chi connectivity index (χ2n) is 2.19. The van der Waals surface area contributed by atoms with Crippen molar-refractivity contribution in [1.82, 2.24) is 15.2 Å².